The number of alkyl halides is 3. The zero-order chi connectivity index (χ0) is 23.3. The summed E-state index contributed by atoms with van der Waals surface area (Å²) in [7, 11) is 1.53. The average Bonchev–Trinajstić information content (AvgIpc) is 2.82. The van der Waals surface area contributed by atoms with Crippen LogP contribution in [0, 0.1) is 0 Å². The fourth-order valence-electron chi connectivity index (χ4n) is 4.06. The largest absolute Gasteiger partial charge is 0.493 e. The van der Waals surface area contributed by atoms with Crippen LogP contribution in [0.3, 0.4) is 0 Å². The van der Waals surface area contributed by atoms with Gasteiger partial charge in [0.25, 0.3) is 0 Å². The lowest BCUT2D eigenvalue weighted by Gasteiger charge is -2.26. The first kappa shape index (κ1) is 23.1. The summed E-state index contributed by atoms with van der Waals surface area (Å²) in [6.07, 6.45) is 1.53. The Balaban J connectivity index is 1.52. The molecule has 0 radical (unpaired) electrons. The van der Waals surface area contributed by atoms with Crippen LogP contribution >= 0.6 is 0 Å². The Morgan fingerprint density at radius 1 is 1.03 bits per heavy atom. The summed E-state index contributed by atoms with van der Waals surface area (Å²) in [6.45, 7) is 3.81. The molecule has 1 aliphatic rings. The van der Waals surface area contributed by atoms with Crippen molar-refractivity contribution in [2.24, 2.45) is 0 Å². The summed E-state index contributed by atoms with van der Waals surface area (Å²) in [4.78, 5) is 10.9. The number of nitrogens with one attached hydrogen (secondary N) is 1. The molecule has 3 aromatic rings. The van der Waals surface area contributed by atoms with E-state index in [0.29, 0.717) is 29.0 Å². The smallest absolute Gasteiger partial charge is 0.418 e. The number of hydrogen-bond donors (Lipinski definition) is 1. The Labute approximate surface area is 190 Å². The van der Waals surface area contributed by atoms with Crippen molar-refractivity contribution in [1.82, 2.24) is 14.9 Å². The molecule has 1 fully saturated rings. The van der Waals surface area contributed by atoms with Crippen LogP contribution in [-0.2, 0) is 6.18 Å². The average molecular weight is 461 g/mol. The van der Waals surface area contributed by atoms with Crippen molar-refractivity contribution in [3.8, 4) is 11.5 Å². The maximum absolute atomic E-state index is 13.4. The van der Waals surface area contributed by atoms with Crippen molar-refractivity contribution >= 4 is 22.4 Å². The fourth-order valence-corrected chi connectivity index (χ4v) is 4.06. The van der Waals surface area contributed by atoms with Gasteiger partial charge in [0.1, 0.15) is 12.1 Å². The van der Waals surface area contributed by atoms with Crippen molar-refractivity contribution in [2.75, 3.05) is 38.7 Å². The molecule has 0 aliphatic carbocycles. The SMILES string of the molecule is COc1cc2c(Nc3ccccc3C(F)(F)F)ncnc2cc1OCCCN1CCCCC1. The minimum Gasteiger partial charge on any atom is -0.493 e. The van der Waals surface area contributed by atoms with Crippen LogP contribution in [0.5, 0.6) is 11.5 Å². The van der Waals surface area contributed by atoms with Crippen molar-refractivity contribution < 1.29 is 22.6 Å². The zero-order valence-electron chi connectivity index (χ0n) is 18.5. The summed E-state index contributed by atoms with van der Waals surface area (Å²) in [5.74, 6) is 1.28. The molecule has 0 amide bonds. The van der Waals surface area contributed by atoms with Gasteiger partial charge in [0.05, 0.1) is 30.5 Å². The molecule has 33 heavy (non-hydrogen) atoms. The molecule has 1 aliphatic heterocycles. The second-order valence-electron chi connectivity index (χ2n) is 8.02. The third kappa shape index (κ3) is 5.65. The lowest BCUT2D eigenvalue weighted by molar-refractivity contribution is -0.136. The zero-order valence-corrected chi connectivity index (χ0v) is 18.5. The highest BCUT2D eigenvalue weighted by atomic mass is 19.4. The molecule has 1 saturated heterocycles. The van der Waals surface area contributed by atoms with E-state index in [2.05, 4.69) is 20.2 Å². The van der Waals surface area contributed by atoms with Gasteiger partial charge < -0.3 is 19.7 Å². The number of benzene rings is 2. The Morgan fingerprint density at radius 2 is 1.82 bits per heavy atom. The van der Waals surface area contributed by atoms with Crippen LogP contribution in [0.1, 0.15) is 31.2 Å². The quantitative estimate of drug-likeness (QED) is 0.438. The van der Waals surface area contributed by atoms with Gasteiger partial charge in [-0.2, -0.15) is 13.2 Å². The van der Waals surface area contributed by atoms with Gasteiger partial charge in [0.15, 0.2) is 11.5 Å². The minimum absolute atomic E-state index is 0.0815. The first-order valence-electron chi connectivity index (χ1n) is 11.1. The molecule has 1 N–H and O–H groups in total. The molecule has 4 rings (SSSR count). The molecule has 1 aromatic heterocycles. The number of ether oxygens (including phenoxy) is 2. The van der Waals surface area contributed by atoms with Crippen molar-refractivity contribution in [3.05, 3.63) is 48.3 Å². The van der Waals surface area contributed by atoms with E-state index in [0.717, 1.165) is 32.1 Å². The molecule has 6 nitrogen and oxygen atoms in total. The number of anilines is 2. The van der Waals surface area contributed by atoms with Crippen molar-refractivity contribution in [1.29, 1.82) is 0 Å². The van der Waals surface area contributed by atoms with E-state index in [1.807, 2.05) is 0 Å². The highest BCUT2D eigenvalue weighted by Gasteiger charge is 2.33. The molecule has 2 aromatic carbocycles. The molecule has 0 unspecified atom stereocenters. The molecule has 0 spiro atoms. The van der Waals surface area contributed by atoms with Crippen LogP contribution in [0.2, 0.25) is 0 Å². The van der Waals surface area contributed by atoms with Gasteiger partial charge in [-0.1, -0.05) is 18.6 Å². The highest BCUT2D eigenvalue weighted by Crippen LogP contribution is 2.38. The summed E-state index contributed by atoms with van der Waals surface area (Å²) >= 11 is 0. The number of rotatable bonds is 8. The predicted octanol–water partition coefficient (Wildman–Crippen LogP) is 5.66. The Kier molecular flexibility index (Phi) is 7.17. The van der Waals surface area contributed by atoms with Crippen LogP contribution in [0.15, 0.2) is 42.7 Å². The number of fused-ring (bicyclic) bond motifs is 1. The number of aromatic nitrogens is 2. The van der Waals surface area contributed by atoms with Gasteiger partial charge >= 0.3 is 6.18 Å². The van der Waals surface area contributed by atoms with E-state index in [1.165, 1.54) is 50.9 Å². The second kappa shape index (κ2) is 10.2. The van der Waals surface area contributed by atoms with Crippen molar-refractivity contribution in [2.45, 2.75) is 31.9 Å². The van der Waals surface area contributed by atoms with Crippen LogP contribution in [0.25, 0.3) is 10.9 Å². The van der Waals surface area contributed by atoms with Gasteiger partial charge in [0.2, 0.25) is 0 Å². The standard InChI is InChI=1S/C24H27F3N4O2/c1-32-21-14-17-20(15-22(21)33-13-7-12-31-10-5-2-6-11-31)28-16-29-23(17)30-19-9-4-3-8-18(19)24(25,26)27/h3-4,8-9,14-16H,2,5-7,10-13H2,1H3,(H,28,29,30). The van der Waals surface area contributed by atoms with E-state index in [-0.39, 0.29) is 11.5 Å². The first-order valence-corrected chi connectivity index (χ1v) is 11.1. The maximum Gasteiger partial charge on any atom is 0.418 e. The van der Waals surface area contributed by atoms with Gasteiger partial charge in [-0.25, -0.2) is 9.97 Å². The monoisotopic (exact) mass is 460 g/mol. The maximum atomic E-state index is 13.4. The van der Waals surface area contributed by atoms with Crippen molar-refractivity contribution in [3.63, 3.8) is 0 Å². The molecular formula is C24H27F3N4O2. The number of methoxy groups -OCH3 is 1. The third-order valence-electron chi connectivity index (χ3n) is 5.73. The van der Waals surface area contributed by atoms with Crippen LogP contribution in [-0.4, -0.2) is 48.2 Å². The fraction of sp³-hybridized carbons (Fsp3) is 0.417. The normalized spacial score (nSPS) is 14.9. The third-order valence-corrected chi connectivity index (χ3v) is 5.73. The molecule has 0 saturated carbocycles. The van der Waals surface area contributed by atoms with Crippen LogP contribution in [0.4, 0.5) is 24.7 Å². The summed E-state index contributed by atoms with van der Waals surface area (Å²) in [5.41, 5.74) is -0.303. The molecular weight excluding hydrogens is 433 g/mol. The number of para-hydroxylation sites is 1. The molecule has 0 atom stereocenters. The Bertz CT molecular complexity index is 1080. The van der Waals surface area contributed by atoms with Gasteiger partial charge in [0, 0.05) is 18.0 Å². The molecule has 2 heterocycles. The predicted molar refractivity (Wildman–Crippen MR) is 121 cm³/mol. The molecule has 176 valence electrons. The Hall–Kier alpha value is -3.07. The topological polar surface area (TPSA) is 59.5 Å². The van der Waals surface area contributed by atoms with E-state index in [9.17, 15) is 13.2 Å². The highest BCUT2D eigenvalue weighted by molar-refractivity contribution is 5.93. The second-order valence-corrected chi connectivity index (χ2v) is 8.02. The van der Waals surface area contributed by atoms with E-state index >= 15 is 0 Å². The van der Waals surface area contributed by atoms with E-state index in [4.69, 9.17) is 9.47 Å². The first-order chi connectivity index (χ1) is 16.0. The minimum atomic E-state index is -4.49. The summed E-state index contributed by atoms with van der Waals surface area (Å²) in [6, 6.07) is 8.71. The summed E-state index contributed by atoms with van der Waals surface area (Å²) in [5, 5.41) is 3.34. The van der Waals surface area contributed by atoms with Crippen LogP contribution < -0.4 is 14.8 Å². The molecule has 0 bridgehead atoms. The number of likely N-dealkylation sites (tertiary alicyclic amines) is 1. The van der Waals surface area contributed by atoms with E-state index in [1.54, 1.807) is 12.1 Å². The number of nitrogens with zero attached hydrogens (tertiary/aromatic N) is 3. The lowest BCUT2D eigenvalue weighted by Crippen LogP contribution is -2.31. The lowest BCUT2D eigenvalue weighted by atomic mass is 10.1. The van der Waals surface area contributed by atoms with Gasteiger partial charge in [-0.15, -0.1) is 0 Å². The number of piperidine rings is 1. The number of halogens is 3. The van der Waals surface area contributed by atoms with Gasteiger partial charge in [-0.3, -0.25) is 0 Å². The molecule has 9 heteroatoms. The summed E-state index contributed by atoms with van der Waals surface area (Å²) < 4.78 is 51.6. The number of hydrogen-bond acceptors (Lipinski definition) is 6. The Morgan fingerprint density at radius 3 is 2.58 bits per heavy atom. The van der Waals surface area contributed by atoms with E-state index < -0.39 is 11.7 Å². The van der Waals surface area contributed by atoms with Gasteiger partial charge in [-0.05, 0) is 50.6 Å².